The summed E-state index contributed by atoms with van der Waals surface area (Å²) >= 11 is 0. The lowest BCUT2D eigenvalue weighted by molar-refractivity contribution is -0.129. The molecule has 3 N–H and O–H groups in total. The van der Waals surface area contributed by atoms with Crippen molar-refractivity contribution in [2.75, 3.05) is 19.8 Å². The third kappa shape index (κ3) is 4.01. The van der Waals surface area contributed by atoms with Crippen molar-refractivity contribution in [2.45, 2.75) is 24.7 Å². The van der Waals surface area contributed by atoms with Gasteiger partial charge in [-0.2, -0.15) is 15.6 Å². The second-order valence-corrected chi connectivity index (χ2v) is 7.05. The lowest BCUT2D eigenvalue weighted by Crippen LogP contribution is -2.46. The number of hydrogen-bond acceptors (Lipinski definition) is 9. The number of nitrogens with one attached hydrogen (secondary N) is 3. The molecular formula is C19H20N8O2. The topological polar surface area (TPSA) is 129 Å². The van der Waals surface area contributed by atoms with Crippen LogP contribution in [0, 0.1) is 22.8 Å². The van der Waals surface area contributed by atoms with Crippen molar-refractivity contribution in [3.05, 3.63) is 41.6 Å². The van der Waals surface area contributed by atoms with E-state index in [2.05, 4.69) is 33.4 Å². The highest BCUT2D eigenvalue weighted by molar-refractivity contribution is 5.83. The number of nitriles is 2. The van der Waals surface area contributed by atoms with Crippen molar-refractivity contribution in [1.29, 1.82) is 10.5 Å². The first-order chi connectivity index (χ1) is 14.2. The van der Waals surface area contributed by atoms with Gasteiger partial charge in [-0.05, 0) is 18.6 Å². The Morgan fingerprint density at radius 1 is 1.41 bits per heavy atom. The summed E-state index contributed by atoms with van der Waals surface area (Å²) in [4.78, 5) is 16.3. The Hall–Kier alpha value is -3.92. The fourth-order valence-corrected chi connectivity index (χ4v) is 3.64. The molecule has 1 fully saturated rings. The molecule has 4 rings (SSSR count). The molecule has 0 saturated carbocycles. The van der Waals surface area contributed by atoms with E-state index in [1.165, 1.54) is 0 Å². The highest BCUT2D eigenvalue weighted by Gasteiger charge is 2.36. The molecule has 148 valence electrons. The molecule has 0 radical (unpaired) electrons. The van der Waals surface area contributed by atoms with Gasteiger partial charge in [-0.1, -0.05) is 12.1 Å². The van der Waals surface area contributed by atoms with E-state index in [4.69, 9.17) is 10.00 Å². The second-order valence-electron chi connectivity index (χ2n) is 7.05. The zero-order valence-electron chi connectivity index (χ0n) is 15.6. The van der Waals surface area contributed by atoms with E-state index in [1.807, 2.05) is 11.0 Å². The van der Waals surface area contributed by atoms with E-state index in [0.29, 0.717) is 37.5 Å². The number of carbonyl (C=O) groups is 1. The number of amides is 1. The SMILES string of the molecule is N#Cc1cccc(C2=CNC(C(=O)N[C@@H]3C[C@@H](CN4C=NNC4)N(C#N)C3)O2)c1. The van der Waals surface area contributed by atoms with Gasteiger partial charge in [0.05, 0.1) is 17.7 Å². The highest BCUT2D eigenvalue weighted by Crippen LogP contribution is 2.23. The molecule has 1 aromatic rings. The molecule has 3 heterocycles. The first-order valence-corrected chi connectivity index (χ1v) is 9.26. The van der Waals surface area contributed by atoms with Crippen LogP contribution in [-0.4, -0.2) is 60.1 Å². The van der Waals surface area contributed by atoms with Crippen molar-refractivity contribution in [1.82, 2.24) is 25.9 Å². The molecule has 0 aliphatic carbocycles. The van der Waals surface area contributed by atoms with E-state index in [1.54, 1.807) is 35.6 Å². The molecule has 0 spiro atoms. The summed E-state index contributed by atoms with van der Waals surface area (Å²) in [6, 6.07) is 8.95. The summed E-state index contributed by atoms with van der Waals surface area (Å²) in [6.07, 6.45) is 5.37. The predicted molar refractivity (Wildman–Crippen MR) is 103 cm³/mol. The molecule has 3 atom stereocenters. The minimum Gasteiger partial charge on any atom is -0.459 e. The fraction of sp³-hybridized carbons (Fsp3) is 0.368. The molecule has 1 unspecified atom stereocenters. The summed E-state index contributed by atoms with van der Waals surface area (Å²) in [5, 5.41) is 28.3. The Balaban J connectivity index is 1.31. The molecule has 1 saturated heterocycles. The summed E-state index contributed by atoms with van der Waals surface area (Å²) in [5.74, 6) is 0.214. The van der Waals surface area contributed by atoms with Gasteiger partial charge < -0.3 is 25.2 Å². The van der Waals surface area contributed by atoms with Crippen molar-refractivity contribution >= 4 is 18.0 Å². The Kier molecular flexibility index (Phi) is 5.08. The number of hydrazone groups is 1. The highest BCUT2D eigenvalue weighted by atomic mass is 16.5. The number of rotatable bonds is 5. The van der Waals surface area contributed by atoms with E-state index < -0.39 is 6.23 Å². The number of likely N-dealkylation sites (tertiary alicyclic amines) is 1. The summed E-state index contributed by atoms with van der Waals surface area (Å²) in [7, 11) is 0. The van der Waals surface area contributed by atoms with Gasteiger partial charge in [-0.15, -0.1) is 0 Å². The summed E-state index contributed by atoms with van der Waals surface area (Å²) in [6.45, 7) is 1.74. The Morgan fingerprint density at radius 2 is 2.31 bits per heavy atom. The third-order valence-corrected chi connectivity index (χ3v) is 5.05. The molecule has 1 amide bonds. The maximum atomic E-state index is 12.6. The third-order valence-electron chi connectivity index (χ3n) is 5.05. The van der Waals surface area contributed by atoms with Gasteiger partial charge in [0.25, 0.3) is 5.91 Å². The average molecular weight is 392 g/mol. The molecule has 10 nitrogen and oxygen atoms in total. The van der Waals surface area contributed by atoms with Gasteiger partial charge in [-0.3, -0.25) is 10.2 Å². The standard InChI is InChI=1S/C19H20N8O2/c20-6-13-2-1-3-14(4-13)17-7-22-19(29-17)18(28)25-15-5-16(27(8-15)10-21)9-26-11-23-24-12-26/h1-4,7,11,15-16,19,22,24H,5,8-9,12H2,(H,25,28)/t15-,16+,19?/m1/s1. The van der Waals surface area contributed by atoms with E-state index in [-0.39, 0.29) is 18.0 Å². The molecule has 10 heteroatoms. The average Bonchev–Trinajstić information content (AvgIpc) is 3.49. The van der Waals surface area contributed by atoms with Gasteiger partial charge in [0.15, 0.2) is 6.19 Å². The van der Waals surface area contributed by atoms with E-state index >= 15 is 0 Å². The van der Waals surface area contributed by atoms with Crippen molar-refractivity contribution in [2.24, 2.45) is 5.10 Å². The van der Waals surface area contributed by atoms with Crippen LogP contribution < -0.4 is 16.1 Å². The van der Waals surface area contributed by atoms with Gasteiger partial charge >= 0.3 is 0 Å². The van der Waals surface area contributed by atoms with Crippen LogP contribution >= 0.6 is 0 Å². The Morgan fingerprint density at radius 3 is 3.07 bits per heavy atom. The smallest absolute Gasteiger partial charge is 0.282 e. The lowest BCUT2D eigenvalue weighted by Gasteiger charge is -2.22. The molecule has 1 aromatic carbocycles. The molecule has 0 bridgehead atoms. The van der Waals surface area contributed by atoms with Gasteiger partial charge in [0, 0.05) is 30.9 Å². The number of hydrogen-bond donors (Lipinski definition) is 3. The van der Waals surface area contributed by atoms with E-state index in [9.17, 15) is 10.1 Å². The predicted octanol–water partition coefficient (Wildman–Crippen LogP) is -0.351. The van der Waals surface area contributed by atoms with Gasteiger partial charge in [-0.25, -0.2) is 0 Å². The first kappa shape index (κ1) is 18.4. The second kappa shape index (κ2) is 7.98. The van der Waals surface area contributed by atoms with Crippen LogP contribution in [-0.2, 0) is 9.53 Å². The number of carbonyl (C=O) groups excluding carboxylic acids is 1. The maximum Gasteiger partial charge on any atom is 0.282 e. The monoisotopic (exact) mass is 392 g/mol. The van der Waals surface area contributed by atoms with Crippen molar-refractivity contribution in [3.63, 3.8) is 0 Å². The van der Waals surface area contributed by atoms with Crippen molar-refractivity contribution < 1.29 is 9.53 Å². The quantitative estimate of drug-likeness (QED) is 0.580. The molecular weight excluding hydrogens is 372 g/mol. The number of benzene rings is 1. The maximum absolute atomic E-state index is 12.6. The molecule has 3 aliphatic heterocycles. The lowest BCUT2D eigenvalue weighted by atomic mass is 10.1. The molecule has 3 aliphatic rings. The number of ether oxygens (including phenoxy) is 1. The van der Waals surface area contributed by atoms with Crippen LogP contribution in [0.3, 0.4) is 0 Å². The molecule has 0 aromatic heterocycles. The Bertz CT molecular complexity index is 931. The zero-order valence-corrected chi connectivity index (χ0v) is 15.6. The van der Waals surface area contributed by atoms with E-state index in [0.717, 1.165) is 5.56 Å². The minimum atomic E-state index is -0.847. The number of nitrogens with zero attached hydrogens (tertiary/aromatic N) is 5. The fourth-order valence-electron chi connectivity index (χ4n) is 3.64. The minimum absolute atomic E-state index is 0.0107. The normalized spacial score (nSPS) is 24.8. The van der Waals surface area contributed by atoms with Crippen LogP contribution in [0.15, 0.2) is 35.6 Å². The zero-order chi connectivity index (χ0) is 20.2. The largest absolute Gasteiger partial charge is 0.459 e. The first-order valence-electron chi connectivity index (χ1n) is 9.26. The van der Waals surface area contributed by atoms with Crippen LogP contribution in [0.1, 0.15) is 17.5 Å². The Labute approximate surface area is 168 Å². The van der Waals surface area contributed by atoms with Gasteiger partial charge in [0.1, 0.15) is 18.8 Å². The van der Waals surface area contributed by atoms with Crippen LogP contribution in [0.2, 0.25) is 0 Å². The van der Waals surface area contributed by atoms with Crippen molar-refractivity contribution in [3.8, 4) is 12.3 Å². The van der Waals surface area contributed by atoms with Crippen LogP contribution in [0.25, 0.3) is 5.76 Å². The summed E-state index contributed by atoms with van der Waals surface area (Å²) in [5.41, 5.74) is 4.11. The van der Waals surface area contributed by atoms with Crippen LogP contribution in [0.4, 0.5) is 0 Å². The summed E-state index contributed by atoms with van der Waals surface area (Å²) < 4.78 is 5.72. The van der Waals surface area contributed by atoms with Crippen LogP contribution in [0.5, 0.6) is 0 Å². The molecule has 29 heavy (non-hydrogen) atoms. The van der Waals surface area contributed by atoms with Gasteiger partial charge in [0.2, 0.25) is 6.23 Å².